The number of hydrogen-bond donors (Lipinski definition) is 2. The van der Waals surface area contributed by atoms with Crippen LogP contribution in [0.4, 0.5) is 9.93 Å². The summed E-state index contributed by atoms with van der Waals surface area (Å²) < 4.78 is 5.57. The van der Waals surface area contributed by atoms with Crippen LogP contribution in [0.2, 0.25) is 0 Å². The molecule has 0 unspecified atom stereocenters. The quantitative estimate of drug-likeness (QED) is 0.466. The lowest BCUT2D eigenvalue weighted by Crippen LogP contribution is -2.51. The second-order valence-corrected chi connectivity index (χ2v) is 10.8. The van der Waals surface area contributed by atoms with Crippen molar-refractivity contribution in [3.63, 3.8) is 0 Å². The Labute approximate surface area is 187 Å². The van der Waals surface area contributed by atoms with Crippen LogP contribution in [0.1, 0.15) is 64.7 Å². The lowest BCUT2D eigenvalue weighted by molar-refractivity contribution is -0.141. The van der Waals surface area contributed by atoms with Crippen LogP contribution >= 0.6 is 23.1 Å². The number of rotatable bonds is 7. The van der Waals surface area contributed by atoms with Gasteiger partial charge in [-0.25, -0.2) is 9.78 Å². The van der Waals surface area contributed by atoms with Crippen LogP contribution in [0.5, 0.6) is 0 Å². The first kappa shape index (κ1) is 23.3. The molecule has 0 radical (unpaired) electrons. The van der Waals surface area contributed by atoms with Crippen molar-refractivity contribution in [1.29, 1.82) is 0 Å². The molecule has 9 heteroatoms. The maximum Gasteiger partial charge on any atom is 0.324 e. The number of anilines is 1. The number of methoxy groups -OCH3 is 1. The standard InChI is InChI=1S/C21H34N4O3S2/c1-14-8-10-16(11-9-14)25(15-6-4-3-5-7-15)21(27)24-20-23-12-18(30-20)29-13-17(22)19(26)28-2/h12,14-17H,3-11,13,22H2,1-2H3,(H,23,24,27)/t14?,16?,17-/m1/s1. The minimum absolute atomic E-state index is 0.0152. The van der Waals surface area contributed by atoms with Crippen molar-refractivity contribution in [2.45, 2.75) is 87.0 Å². The molecule has 0 spiro atoms. The third-order valence-electron chi connectivity index (χ3n) is 6.19. The highest BCUT2D eigenvalue weighted by molar-refractivity contribution is 8.01. The van der Waals surface area contributed by atoms with E-state index in [9.17, 15) is 9.59 Å². The normalized spacial score (nSPS) is 23.6. The summed E-state index contributed by atoms with van der Waals surface area (Å²) in [5.74, 6) is 0.745. The van der Waals surface area contributed by atoms with Gasteiger partial charge in [-0.3, -0.25) is 10.1 Å². The molecule has 0 aromatic carbocycles. The molecule has 0 saturated heterocycles. The van der Waals surface area contributed by atoms with Crippen molar-refractivity contribution in [3.05, 3.63) is 6.20 Å². The minimum atomic E-state index is -0.671. The first-order valence-electron chi connectivity index (χ1n) is 11.0. The highest BCUT2D eigenvalue weighted by atomic mass is 32.2. The van der Waals surface area contributed by atoms with E-state index in [1.54, 1.807) is 6.20 Å². The van der Waals surface area contributed by atoms with Gasteiger partial charge in [-0.2, -0.15) is 0 Å². The number of urea groups is 1. The lowest BCUT2D eigenvalue weighted by Gasteiger charge is -2.42. The molecule has 0 aliphatic heterocycles. The second-order valence-electron chi connectivity index (χ2n) is 8.47. The van der Waals surface area contributed by atoms with Gasteiger partial charge in [0.05, 0.1) is 17.5 Å². The van der Waals surface area contributed by atoms with Gasteiger partial charge in [0.2, 0.25) is 0 Å². The number of aromatic nitrogens is 1. The highest BCUT2D eigenvalue weighted by Gasteiger charge is 2.34. The first-order chi connectivity index (χ1) is 14.5. The lowest BCUT2D eigenvalue weighted by atomic mass is 9.84. The van der Waals surface area contributed by atoms with Gasteiger partial charge in [0.15, 0.2) is 5.13 Å². The van der Waals surface area contributed by atoms with Gasteiger partial charge in [0.1, 0.15) is 6.04 Å². The number of nitrogens with two attached hydrogens (primary N) is 1. The summed E-state index contributed by atoms with van der Waals surface area (Å²) in [4.78, 5) is 31.2. The summed E-state index contributed by atoms with van der Waals surface area (Å²) in [6.45, 7) is 2.31. The molecule has 2 amide bonds. The average molecular weight is 455 g/mol. The molecule has 1 atom stereocenters. The third-order valence-corrected chi connectivity index (χ3v) is 8.42. The van der Waals surface area contributed by atoms with Crippen molar-refractivity contribution in [1.82, 2.24) is 9.88 Å². The molecule has 1 heterocycles. The molecule has 3 N–H and O–H groups in total. The molecule has 168 valence electrons. The molecular formula is C21H34N4O3S2. The van der Waals surface area contributed by atoms with Crippen LogP contribution in [-0.4, -0.2) is 52.9 Å². The van der Waals surface area contributed by atoms with Crippen molar-refractivity contribution < 1.29 is 14.3 Å². The number of hydrogen-bond acceptors (Lipinski definition) is 7. The number of carbonyl (C=O) groups excluding carboxylic acids is 2. The Morgan fingerprint density at radius 2 is 1.90 bits per heavy atom. The van der Waals surface area contributed by atoms with Crippen LogP contribution in [0.15, 0.2) is 10.4 Å². The molecule has 30 heavy (non-hydrogen) atoms. The fraction of sp³-hybridized carbons (Fsp3) is 0.762. The number of amides is 2. The largest absolute Gasteiger partial charge is 0.468 e. The van der Waals surface area contributed by atoms with Crippen LogP contribution in [0, 0.1) is 5.92 Å². The number of thioether (sulfide) groups is 1. The second kappa shape index (κ2) is 11.3. The van der Waals surface area contributed by atoms with Gasteiger partial charge in [-0.15, -0.1) is 11.8 Å². The molecule has 1 aromatic rings. The summed E-state index contributed by atoms with van der Waals surface area (Å²) in [7, 11) is 1.33. The predicted molar refractivity (Wildman–Crippen MR) is 122 cm³/mol. The first-order valence-corrected chi connectivity index (χ1v) is 12.8. The summed E-state index contributed by atoms with van der Waals surface area (Å²) in [6.07, 6.45) is 12.2. The summed E-state index contributed by atoms with van der Waals surface area (Å²) in [5, 5.41) is 3.64. The van der Waals surface area contributed by atoms with Gasteiger partial charge >= 0.3 is 12.0 Å². The van der Waals surface area contributed by atoms with Gasteiger partial charge in [-0.1, -0.05) is 37.5 Å². The number of carbonyl (C=O) groups is 2. The number of ether oxygens (including phenoxy) is 1. The number of esters is 1. The van der Waals surface area contributed by atoms with Gasteiger partial charge in [0, 0.05) is 17.8 Å². The fourth-order valence-electron chi connectivity index (χ4n) is 4.44. The molecule has 2 aliphatic carbocycles. The maximum absolute atomic E-state index is 13.3. The molecule has 7 nitrogen and oxygen atoms in total. The molecule has 2 aliphatic rings. The third kappa shape index (κ3) is 6.34. The van der Waals surface area contributed by atoms with E-state index in [4.69, 9.17) is 5.73 Å². The topological polar surface area (TPSA) is 97.5 Å². The Kier molecular flexibility index (Phi) is 8.83. The molecule has 0 bridgehead atoms. The van der Waals surface area contributed by atoms with Crippen LogP contribution in [0.25, 0.3) is 0 Å². The van der Waals surface area contributed by atoms with Gasteiger partial charge in [-0.05, 0) is 44.4 Å². The zero-order valence-electron chi connectivity index (χ0n) is 18.0. The smallest absolute Gasteiger partial charge is 0.324 e. The monoisotopic (exact) mass is 454 g/mol. The fourth-order valence-corrected chi connectivity index (χ4v) is 6.26. The van der Waals surface area contributed by atoms with E-state index in [0.717, 1.165) is 35.8 Å². The predicted octanol–water partition coefficient (Wildman–Crippen LogP) is 4.48. The van der Waals surface area contributed by atoms with E-state index in [0.29, 0.717) is 23.0 Å². The summed E-state index contributed by atoms with van der Waals surface area (Å²) >= 11 is 2.87. The molecule has 2 saturated carbocycles. The summed E-state index contributed by atoms with van der Waals surface area (Å²) in [5.41, 5.74) is 5.79. The van der Waals surface area contributed by atoms with Crippen molar-refractivity contribution >= 4 is 40.2 Å². The number of thiazole rings is 1. The Balaban J connectivity index is 1.61. The van der Waals surface area contributed by atoms with E-state index in [1.165, 1.54) is 62.3 Å². The molecule has 2 fully saturated rings. The Bertz CT molecular complexity index is 700. The maximum atomic E-state index is 13.3. The van der Waals surface area contributed by atoms with Crippen molar-refractivity contribution in [2.75, 3.05) is 18.2 Å². The van der Waals surface area contributed by atoms with Crippen molar-refractivity contribution in [2.24, 2.45) is 11.7 Å². The van der Waals surface area contributed by atoms with Crippen molar-refractivity contribution in [3.8, 4) is 0 Å². The van der Waals surface area contributed by atoms with Crippen LogP contribution in [0.3, 0.4) is 0 Å². The van der Waals surface area contributed by atoms with E-state index in [1.807, 2.05) is 0 Å². The summed E-state index contributed by atoms with van der Waals surface area (Å²) in [6, 6.07) is -0.0191. The van der Waals surface area contributed by atoms with Gasteiger partial charge < -0.3 is 15.4 Å². The Hall–Kier alpha value is -1.32. The molecule has 3 rings (SSSR count). The van der Waals surface area contributed by atoms with E-state index >= 15 is 0 Å². The minimum Gasteiger partial charge on any atom is -0.468 e. The average Bonchev–Trinajstić information content (AvgIpc) is 3.21. The van der Waals surface area contributed by atoms with Gasteiger partial charge in [0.25, 0.3) is 0 Å². The van der Waals surface area contributed by atoms with E-state index in [2.05, 4.69) is 26.9 Å². The Morgan fingerprint density at radius 1 is 1.23 bits per heavy atom. The molecular weight excluding hydrogens is 420 g/mol. The zero-order valence-corrected chi connectivity index (χ0v) is 19.6. The molecule has 1 aromatic heterocycles. The number of nitrogens with one attached hydrogen (secondary N) is 1. The highest BCUT2D eigenvalue weighted by Crippen LogP contribution is 2.34. The van der Waals surface area contributed by atoms with E-state index in [-0.39, 0.29) is 6.03 Å². The van der Waals surface area contributed by atoms with Crippen LogP contribution < -0.4 is 11.1 Å². The SMILES string of the molecule is COC(=O)[C@H](N)CSc1cnc(NC(=O)N(C2CCCCC2)C2CCC(C)CC2)s1. The number of nitrogens with zero attached hydrogens (tertiary/aromatic N) is 2. The zero-order chi connectivity index (χ0) is 21.5. The van der Waals surface area contributed by atoms with Crippen LogP contribution in [-0.2, 0) is 9.53 Å². The van der Waals surface area contributed by atoms with E-state index < -0.39 is 12.0 Å². The Morgan fingerprint density at radius 3 is 2.57 bits per heavy atom.